The van der Waals surface area contributed by atoms with E-state index < -0.39 is 5.60 Å². The van der Waals surface area contributed by atoms with Crippen molar-refractivity contribution in [1.29, 1.82) is 0 Å². The molecule has 1 aliphatic heterocycles. The van der Waals surface area contributed by atoms with Crippen molar-refractivity contribution in [3.63, 3.8) is 0 Å². The third-order valence-electron chi connectivity index (χ3n) is 3.45. The molecule has 2 fully saturated rings. The molecule has 4 nitrogen and oxygen atoms in total. The van der Waals surface area contributed by atoms with E-state index >= 15 is 0 Å². The van der Waals surface area contributed by atoms with Gasteiger partial charge in [-0.25, -0.2) is 4.79 Å². The Morgan fingerprint density at radius 3 is 2.50 bits per heavy atom. The lowest BCUT2D eigenvalue weighted by Gasteiger charge is -2.32. The lowest BCUT2D eigenvalue weighted by Crippen LogP contribution is -2.48. The number of hydrogen-bond donors (Lipinski definition) is 1. The summed E-state index contributed by atoms with van der Waals surface area (Å²) in [4.78, 5) is 14.1. The Bertz CT molecular complexity index is 289. The van der Waals surface area contributed by atoms with Gasteiger partial charge in [-0.3, -0.25) is 0 Å². The standard InChI is InChI=1S/C14H26N2O2/c1-14(2,3)18-13(17)16(12-7-8-12)10-11-6-4-5-9-15-11/h11-12,15H,4-10H2,1-3H3/t11-/m0/s1. The molecular formula is C14H26N2O2. The maximum atomic E-state index is 12.2. The van der Waals surface area contributed by atoms with Crippen LogP contribution in [0.2, 0.25) is 0 Å². The molecule has 4 heteroatoms. The van der Waals surface area contributed by atoms with Gasteiger partial charge >= 0.3 is 6.09 Å². The second-order valence-electron chi connectivity index (χ2n) is 6.51. The molecule has 2 aliphatic rings. The molecule has 1 aliphatic carbocycles. The Morgan fingerprint density at radius 1 is 1.28 bits per heavy atom. The van der Waals surface area contributed by atoms with Crippen molar-refractivity contribution in [3.05, 3.63) is 0 Å². The molecule has 1 heterocycles. The summed E-state index contributed by atoms with van der Waals surface area (Å²) in [6, 6.07) is 0.871. The quantitative estimate of drug-likeness (QED) is 0.841. The summed E-state index contributed by atoms with van der Waals surface area (Å²) in [5.74, 6) is 0. The van der Waals surface area contributed by atoms with Gasteiger partial charge in [0.25, 0.3) is 0 Å². The number of nitrogens with zero attached hydrogens (tertiary/aromatic N) is 1. The van der Waals surface area contributed by atoms with Crippen LogP contribution < -0.4 is 5.32 Å². The van der Waals surface area contributed by atoms with E-state index in [-0.39, 0.29) is 6.09 Å². The molecule has 1 N–H and O–H groups in total. The summed E-state index contributed by atoms with van der Waals surface area (Å²) in [7, 11) is 0. The van der Waals surface area contributed by atoms with Gasteiger partial charge in [-0.1, -0.05) is 6.42 Å². The molecule has 0 aromatic heterocycles. The van der Waals surface area contributed by atoms with Crippen LogP contribution in [0.5, 0.6) is 0 Å². The van der Waals surface area contributed by atoms with E-state index in [1.54, 1.807) is 0 Å². The summed E-state index contributed by atoms with van der Waals surface area (Å²) < 4.78 is 5.50. The zero-order chi connectivity index (χ0) is 13.2. The van der Waals surface area contributed by atoms with Crippen molar-refractivity contribution in [3.8, 4) is 0 Å². The number of hydrogen-bond acceptors (Lipinski definition) is 3. The monoisotopic (exact) mass is 254 g/mol. The van der Waals surface area contributed by atoms with E-state index in [0.29, 0.717) is 12.1 Å². The Morgan fingerprint density at radius 2 is 2.00 bits per heavy atom. The van der Waals surface area contributed by atoms with Gasteiger partial charge in [0.15, 0.2) is 0 Å². The van der Waals surface area contributed by atoms with Crippen molar-refractivity contribution in [1.82, 2.24) is 10.2 Å². The first kappa shape index (κ1) is 13.7. The fourth-order valence-corrected chi connectivity index (χ4v) is 2.40. The minimum absolute atomic E-state index is 0.141. The molecule has 0 aromatic rings. The molecule has 104 valence electrons. The molecule has 1 amide bonds. The third kappa shape index (κ3) is 4.16. The van der Waals surface area contributed by atoms with Gasteiger partial charge in [0, 0.05) is 18.6 Å². The zero-order valence-corrected chi connectivity index (χ0v) is 11.9. The van der Waals surface area contributed by atoms with E-state index in [2.05, 4.69) is 5.32 Å². The highest BCUT2D eigenvalue weighted by atomic mass is 16.6. The van der Waals surface area contributed by atoms with Crippen molar-refractivity contribution in [2.75, 3.05) is 13.1 Å². The normalized spacial score (nSPS) is 24.7. The number of amides is 1. The van der Waals surface area contributed by atoms with E-state index in [1.807, 2.05) is 25.7 Å². The highest BCUT2D eigenvalue weighted by Gasteiger charge is 2.36. The van der Waals surface area contributed by atoms with Crippen molar-refractivity contribution in [2.45, 2.75) is 70.6 Å². The number of rotatable bonds is 3. The van der Waals surface area contributed by atoms with Crippen LogP contribution >= 0.6 is 0 Å². The predicted octanol–water partition coefficient (Wildman–Crippen LogP) is 2.53. The summed E-state index contributed by atoms with van der Waals surface area (Å²) in [5, 5.41) is 3.50. The first-order chi connectivity index (χ1) is 8.46. The molecule has 18 heavy (non-hydrogen) atoms. The van der Waals surface area contributed by atoms with Crippen LogP contribution in [0.1, 0.15) is 52.9 Å². The molecule has 0 spiro atoms. The first-order valence-electron chi connectivity index (χ1n) is 7.19. The number of carbonyl (C=O) groups is 1. The van der Waals surface area contributed by atoms with Crippen molar-refractivity contribution < 1.29 is 9.53 Å². The van der Waals surface area contributed by atoms with Gasteiger partial charge in [-0.15, -0.1) is 0 Å². The predicted molar refractivity (Wildman–Crippen MR) is 71.6 cm³/mol. The van der Waals surface area contributed by atoms with Gasteiger partial charge in [0.2, 0.25) is 0 Å². The summed E-state index contributed by atoms with van der Waals surface area (Å²) >= 11 is 0. The summed E-state index contributed by atoms with van der Waals surface area (Å²) in [6.45, 7) is 7.66. The molecule has 1 saturated heterocycles. The molecule has 0 aromatic carbocycles. The molecule has 2 rings (SSSR count). The number of piperidine rings is 1. The Hall–Kier alpha value is -0.770. The van der Waals surface area contributed by atoms with Crippen LogP contribution in [0.3, 0.4) is 0 Å². The average Bonchev–Trinajstić information content (AvgIpc) is 3.08. The topological polar surface area (TPSA) is 41.6 Å². The molecule has 1 saturated carbocycles. The second kappa shape index (κ2) is 5.47. The number of nitrogens with one attached hydrogen (secondary N) is 1. The van der Waals surface area contributed by atoms with Crippen LogP contribution in [-0.4, -0.2) is 41.8 Å². The van der Waals surface area contributed by atoms with Crippen LogP contribution in [-0.2, 0) is 4.74 Å². The fourth-order valence-electron chi connectivity index (χ4n) is 2.40. The van der Waals surface area contributed by atoms with Gasteiger partial charge < -0.3 is 15.0 Å². The van der Waals surface area contributed by atoms with Gasteiger partial charge in [0.05, 0.1) is 0 Å². The lowest BCUT2D eigenvalue weighted by molar-refractivity contribution is 0.0209. The van der Waals surface area contributed by atoms with Crippen LogP contribution in [0, 0.1) is 0 Å². The molecule has 0 radical (unpaired) electrons. The fraction of sp³-hybridized carbons (Fsp3) is 0.929. The van der Waals surface area contributed by atoms with Crippen LogP contribution in [0.15, 0.2) is 0 Å². The summed E-state index contributed by atoms with van der Waals surface area (Å²) in [5.41, 5.74) is -0.399. The molecule has 0 bridgehead atoms. The smallest absolute Gasteiger partial charge is 0.410 e. The highest BCUT2D eigenvalue weighted by molar-refractivity contribution is 5.69. The highest BCUT2D eigenvalue weighted by Crippen LogP contribution is 2.29. The largest absolute Gasteiger partial charge is 0.444 e. The third-order valence-corrected chi connectivity index (χ3v) is 3.45. The van der Waals surface area contributed by atoms with E-state index in [4.69, 9.17) is 4.74 Å². The zero-order valence-electron chi connectivity index (χ0n) is 11.9. The minimum Gasteiger partial charge on any atom is -0.444 e. The van der Waals surface area contributed by atoms with Crippen LogP contribution in [0.4, 0.5) is 4.79 Å². The number of ether oxygens (including phenoxy) is 1. The molecule has 1 atom stereocenters. The van der Waals surface area contributed by atoms with Gasteiger partial charge in [-0.2, -0.15) is 0 Å². The van der Waals surface area contributed by atoms with E-state index in [1.165, 1.54) is 19.3 Å². The number of carbonyl (C=O) groups excluding carboxylic acids is 1. The average molecular weight is 254 g/mol. The second-order valence-corrected chi connectivity index (χ2v) is 6.51. The molecular weight excluding hydrogens is 228 g/mol. The first-order valence-corrected chi connectivity index (χ1v) is 7.19. The maximum Gasteiger partial charge on any atom is 0.410 e. The summed E-state index contributed by atoms with van der Waals surface area (Å²) in [6.07, 6.45) is 5.82. The van der Waals surface area contributed by atoms with Crippen LogP contribution in [0.25, 0.3) is 0 Å². The Kier molecular flexibility index (Phi) is 4.15. The Balaban J connectivity index is 1.88. The van der Waals surface area contributed by atoms with E-state index in [0.717, 1.165) is 25.9 Å². The Labute approximate surface area is 110 Å². The minimum atomic E-state index is -0.399. The lowest BCUT2D eigenvalue weighted by atomic mass is 10.0. The SMILES string of the molecule is CC(C)(C)OC(=O)N(C[C@@H]1CCCCN1)C1CC1. The van der Waals surface area contributed by atoms with E-state index in [9.17, 15) is 4.79 Å². The molecule has 0 unspecified atom stereocenters. The van der Waals surface area contributed by atoms with Crippen molar-refractivity contribution in [2.24, 2.45) is 0 Å². The maximum absolute atomic E-state index is 12.2. The van der Waals surface area contributed by atoms with Crippen molar-refractivity contribution >= 4 is 6.09 Å². The van der Waals surface area contributed by atoms with Gasteiger partial charge in [0.1, 0.15) is 5.60 Å². The van der Waals surface area contributed by atoms with Gasteiger partial charge in [-0.05, 0) is 53.0 Å².